The average molecular weight is 220 g/mol. The van der Waals surface area contributed by atoms with Gasteiger partial charge in [-0.1, -0.05) is 46.2 Å². The van der Waals surface area contributed by atoms with Crippen LogP contribution < -0.4 is 0 Å². The second kappa shape index (κ2) is 5.93. The lowest BCUT2D eigenvalue weighted by atomic mass is 9.80. The minimum atomic E-state index is 0.353. The standard InChI is InChI=1S/C15H24O/c1-5-11(2)13(4)12(3)10-14-6-8-15(16)9-7-14/h6-9,11-13,16H,5,10H2,1-4H3. The molecule has 1 aromatic rings. The third kappa shape index (κ3) is 3.55. The van der Waals surface area contributed by atoms with E-state index in [-0.39, 0.29) is 0 Å². The minimum absolute atomic E-state index is 0.353. The number of hydrogen-bond acceptors (Lipinski definition) is 1. The molecule has 3 unspecified atom stereocenters. The van der Waals surface area contributed by atoms with E-state index in [1.54, 1.807) is 12.1 Å². The second-order valence-corrected chi connectivity index (χ2v) is 5.09. The molecule has 16 heavy (non-hydrogen) atoms. The van der Waals surface area contributed by atoms with E-state index in [2.05, 4.69) is 27.7 Å². The van der Waals surface area contributed by atoms with Crippen molar-refractivity contribution < 1.29 is 5.11 Å². The Morgan fingerprint density at radius 3 is 2.06 bits per heavy atom. The van der Waals surface area contributed by atoms with Crippen LogP contribution in [0.25, 0.3) is 0 Å². The predicted molar refractivity (Wildman–Crippen MR) is 69.6 cm³/mol. The fourth-order valence-electron chi connectivity index (χ4n) is 2.12. The Balaban J connectivity index is 2.56. The molecule has 0 radical (unpaired) electrons. The zero-order chi connectivity index (χ0) is 12.1. The fraction of sp³-hybridized carbons (Fsp3) is 0.600. The predicted octanol–water partition coefficient (Wildman–Crippen LogP) is 4.25. The number of rotatable bonds is 5. The Hall–Kier alpha value is -0.980. The number of hydrogen-bond donors (Lipinski definition) is 1. The molecular weight excluding hydrogens is 196 g/mol. The first-order chi connectivity index (χ1) is 7.54. The molecule has 90 valence electrons. The van der Waals surface area contributed by atoms with Crippen molar-refractivity contribution in [3.63, 3.8) is 0 Å². The SMILES string of the molecule is CCC(C)C(C)C(C)Cc1ccc(O)cc1. The van der Waals surface area contributed by atoms with E-state index in [1.165, 1.54) is 12.0 Å². The number of phenolic OH excluding ortho intramolecular Hbond substituents is 1. The van der Waals surface area contributed by atoms with Gasteiger partial charge in [-0.2, -0.15) is 0 Å². The van der Waals surface area contributed by atoms with E-state index in [0.717, 1.165) is 18.3 Å². The molecule has 3 atom stereocenters. The first-order valence-electron chi connectivity index (χ1n) is 6.32. The zero-order valence-corrected chi connectivity index (χ0v) is 10.9. The Labute approximate surface area is 99.5 Å². The lowest BCUT2D eigenvalue weighted by Gasteiger charge is -2.25. The molecule has 0 heterocycles. The molecule has 0 aliphatic carbocycles. The van der Waals surface area contributed by atoms with Crippen molar-refractivity contribution in [3.8, 4) is 5.75 Å². The van der Waals surface area contributed by atoms with Crippen LogP contribution in [0.4, 0.5) is 0 Å². The summed E-state index contributed by atoms with van der Waals surface area (Å²) >= 11 is 0. The third-order valence-corrected chi connectivity index (χ3v) is 3.93. The Morgan fingerprint density at radius 1 is 1.00 bits per heavy atom. The van der Waals surface area contributed by atoms with Gasteiger partial charge in [0.05, 0.1) is 0 Å². The minimum Gasteiger partial charge on any atom is -0.508 e. The van der Waals surface area contributed by atoms with Gasteiger partial charge in [0, 0.05) is 0 Å². The normalized spacial score (nSPS) is 16.8. The van der Waals surface area contributed by atoms with Crippen molar-refractivity contribution in [1.29, 1.82) is 0 Å². The first kappa shape index (κ1) is 13.1. The summed E-state index contributed by atoms with van der Waals surface area (Å²) in [4.78, 5) is 0. The molecule has 1 nitrogen and oxygen atoms in total. The van der Waals surface area contributed by atoms with Crippen LogP contribution in [0.3, 0.4) is 0 Å². The summed E-state index contributed by atoms with van der Waals surface area (Å²) in [5.74, 6) is 2.58. The van der Waals surface area contributed by atoms with Crippen LogP contribution in [-0.4, -0.2) is 5.11 Å². The molecule has 0 aliphatic heterocycles. The molecule has 0 aliphatic rings. The van der Waals surface area contributed by atoms with Gasteiger partial charge in [0.2, 0.25) is 0 Å². The van der Waals surface area contributed by atoms with Crippen LogP contribution in [0.1, 0.15) is 39.7 Å². The summed E-state index contributed by atoms with van der Waals surface area (Å²) in [6.45, 7) is 9.26. The zero-order valence-electron chi connectivity index (χ0n) is 10.9. The van der Waals surface area contributed by atoms with Gasteiger partial charge in [-0.15, -0.1) is 0 Å². The van der Waals surface area contributed by atoms with Crippen LogP contribution >= 0.6 is 0 Å². The van der Waals surface area contributed by atoms with Crippen molar-refractivity contribution in [3.05, 3.63) is 29.8 Å². The molecule has 1 N–H and O–H groups in total. The topological polar surface area (TPSA) is 20.2 Å². The number of phenols is 1. The fourth-order valence-corrected chi connectivity index (χ4v) is 2.12. The van der Waals surface area contributed by atoms with Crippen LogP contribution in [0.5, 0.6) is 5.75 Å². The molecule has 0 aromatic heterocycles. The average Bonchev–Trinajstić information content (AvgIpc) is 2.30. The van der Waals surface area contributed by atoms with E-state index in [9.17, 15) is 5.11 Å². The highest BCUT2D eigenvalue weighted by Gasteiger charge is 2.17. The van der Waals surface area contributed by atoms with Crippen molar-refractivity contribution in [2.24, 2.45) is 17.8 Å². The Kier molecular flexibility index (Phi) is 4.85. The van der Waals surface area contributed by atoms with Crippen LogP contribution in [0.2, 0.25) is 0 Å². The van der Waals surface area contributed by atoms with Gasteiger partial charge < -0.3 is 5.11 Å². The Morgan fingerprint density at radius 2 is 1.56 bits per heavy atom. The quantitative estimate of drug-likeness (QED) is 0.786. The van der Waals surface area contributed by atoms with E-state index >= 15 is 0 Å². The van der Waals surface area contributed by atoms with E-state index in [4.69, 9.17) is 0 Å². The highest BCUT2D eigenvalue weighted by atomic mass is 16.3. The van der Waals surface area contributed by atoms with Gasteiger partial charge in [-0.3, -0.25) is 0 Å². The maximum absolute atomic E-state index is 9.23. The third-order valence-electron chi connectivity index (χ3n) is 3.93. The molecule has 0 fully saturated rings. The Bertz CT molecular complexity index is 302. The van der Waals surface area contributed by atoms with Gasteiger partial charge in [-0.25, -0.2) is 0 Å². The van der Waals surface area contributed by atoms with Crippen molar-refractivity contribution >= 4 is 0 Å². The van der Waals surface area contributed by atoms with Crippen LogP contribution in [-0.2, 0) is 6.42 Å². The van der Waals surface area contributed by atoms with E-state index in [1.807, 2.05) is 12.1 Å². The van der Waals surface area contributed by atoms with Gasteiger partial charge in [0.15, 0.2) is 0 Å². The van der Waals surface area contributed by atoms with Crippen molar-refractivity contribution in [2.75, 3.05) is 0 Å². The molecule has 0 amide bonds. The van der Waals surface area contributed by atoms with Crippen molar-refractivity contribution in [2.45, 2.75) is 40.5 Å². The van der Waals surface area contributed by atoms with E-state index in [0.29, 0.717) is 11.7 Å². The highest BCUT2D eigenvalue weighted by molar-refractivity contribution is 5.26. The summed E-state index contributed by atoms with van der Waals surface area (Å²) in [6, 6.07) is 7.59. The summed E-state index contributed by atoms with van der Waals surface area (Å²) in [5.41, 5.74) is 1.32. The molecule has 0 spiro atoms. The monoisotopic (exact) mass is 220 g/mol. The summed E-state index contributed by atoms with van der Waals surface area (Å²) < 4.78 is 0. The number of aromatic hydroxyl groups is 1. The second-order valence-electron chi connectivity index (χ2n) is 5.09. The maximum atomic E-state index is 9.23. The van der Waals surface area contributed by atoms with E-state index < -0.39 is 0 Å². The van der Waals surface area contributed by atoms with Crippen LogP contribution in [0, 0.1) is 17.8 Å². The van der Waals surface area contributed by atoms with Gasteiger partial charge >= 0.3 is 0 Å². The smallest absolute Gasteiger partial charge is 0.115 e. The van der Waals surface area contributed by atoms with Gasteiger partial charge in [-0.05, 0) is 41.9 Å². The van der Waals surface area contributed by atoms with Crippen LogP contribution in [0.15, 0.2) is 24.3 Å². The molecule has 1 heteroatoms. The molecule has 0 saturated carbocycles. The molecule has 0 saturated heterocycles. The van der Waals surface area contributed by atoms with Crippen molar-refractivity contribution in [1.82, 2.24) is 0 Å². The maximum Gasteiger partial charge on any atom is 0.115 e. The van der Waals surface area contributed by atoms with Gasteiger partial charge in [0.25, 0.3) is 0 Å². The molecule has 1 rings (SSSR count). The first-order valence-corrected chi connectivity index (χ1v) is 6.32. The summed E-state index contributed by atoms with van der Waals surface area (Å²) in [6.07, 6.45) is 2.35. The highest BCUT2D eigenvalue weighted by Crippen LogP contribution is 2.26. The molecule has 0 bridgehead atoms. The summed E-state index contributed by atoms with van der Waals surface area (Å²) in [7, 11) is 0. The molecular formula is C15H24O. The lowest BCUT2D eigenvalue weighted by Crippen LogP contribution is -2.18. The summed E-state index contributed by atoms with van der Waals surface area (Å²) in [5, 5.41) is 9.23. The number of benzene rings is 1. The lowest BCUT2D eigenvalue weighted by molar-refractivity contribution is 0.271. The molecule has 1 aromatic carbocycles. The van der Waals surface area contributed by atoms with Gasteiger partial charge in [0.1, 0.15) is 5.75 Å². The largest absolute Gasteiger partial charge is 0.508 e.